The number of hydrogen-bond donors (Lipinski definition) is 1. The summed E-state index contributed by atoms with van der Waals surface area (Å²) in [6.07, 6.45) is 1.67. The van der Waals surface area contributed by atoms with E-state index in [1.54, 1.807) is 18.2 Å². The molecule has 45 heavy (non-hydrogen) atoms. The van der Waals surface area contributed by atoms with Crippen molar-refractivity contribution >= 4 is 22.8 Å². The Morgan fingerprint density at radius 3 is 2.53 bits per heavy atom. The van der Waals surface area contributed by atoms with Gasteiger partial charge in [-0.2, -0.15) is 0 Å². The fraction of sp³-hybridized carbons (Fsp3) is 0.375. The Morgan fingerprint density at radius 2 is 1.80 bits per heavy atom. The zero-order chi connectivity index (χ0) is 31.3. The molecule has 0 saturated carbocycles. The average molecular weight is 618 g/mol. The molecular weight excluding hydrogens is 582 g/mol. The molecule has 2 aliphatic rings. The third-order valence-electron chi connectivity index (χ3n) is 7.91. The molecule has 0 radical (unpaired) electrons. The minimum Gasteiger partial charge on any atom is -0.493 e. The standard InChI is InChI=1S/C32H35N5O8/c1-40-27-14-21(15-28(41-2)31(27)42-3)30(32(39)33-16-22-7-6-12-43-22)36(17-20-10-11-25-26(13-20)45-19-44-25)29(38)18-37-24-9-5-4-8-23(24)34-35-37/h4-5,8-11,13-15,22,30H,6-7,12,16-19H2,1-3H3,(H,33,39)/t22-,30+/m0/s1. The van der Waals surface area contributed by atoms with Crippen molar-refractivity contribution in [2.45, 2.75) is 38.1 Å². The van der Waals surface area contributed by atoms with Gasteiger partial charge in [0, 0.05) is 19.7 Å². The summed E-state index contributed by atoms with van der Waals surface area (Å²) < 4.78 is 35.1. The molecular formula is C32H35N5O8. The van der Waals surface area contributed by atoms with E-state index in [1.165, 1.54) is 30.9 Å². The van der Waals surface area contributed by atoms with Crippen LogP contribution in [0.1, 0.15) is 30.0 Å². The molecule has 13 nitrogen and oxygen atoms in total. The van der Waals surface area contributed by atoms with E-state index in [-0.39, 0.29) is 31.9 Å². The van der Waals surface area contributed by atoms with Crippen LogP contribution >= 0.6 is 0 Å². The Kier molecular flexibility index (Phi) is 8.87. The summed E-state index contributed by atoms with van der Waals surface area (Å²) in [6, 6.07) is 15.1. The topological polar surface area (TPSA) is 136 Å². The van der Waals surface area contributed by atoms with Gasteiger partial charge >= 0.3 is 0 Å². The van der Waals surface area contributed by atoms with E-state index in [1.807, 2.05) is 36.4 Å². The maximum absolute atomic E-state index is 14.4. The molecule has 0 bridgehead atoms. The molecule has 1 N–H and O–H groups in total. The second-order valence-corrected chi connectivity index (χ2v) is 10.7. The van der Waals surface area contributed by atoms with E-state index in [0.717, 1.165) is 18.4 Å². The van der Waals surface area contributed by atoms with E-state index in [2.05, 4.69) is 15.6 Å². The summed E-state index contributed by atoms with van der Waals surface area (Å²) >= 11 is 0. The van der Waals surface area contributed by atoms with Crippen LogP contribution in [0.3, 0.4) is 0 Å². The van der Waals surface area contributed by atoms with Crippen LogP contribution in [-0.4, -0.2) is 79.1 Å². The Labute approximate surface area is 259 Å². The van der Waals surface area contributed by atoms with Crippen molar-refractivity contribution in [2.75, 3.05) is 41.3 Å². The number of ether oxygens (including phenoxy) is 6. The zero-order valence-electron chi connectivity index (χ0n) is 25.4. The molecule has 2 atom stereocenters. The van der Waals surface area contributed by atoms with Gasteiger partial charge in [0.15, 0.2) is 23.0 Å². The van der Waals surface area contributed by atoms with Crippen LogP contribution in [0.25, 0.3) is 11.0 Å². The van der Waals surface area contributed by atoms with Crippen LogP contribution in [-0.2, 0) is 27.4 Å². The van der Waals surface area contributed by atoms with Gasteiger partial charge in [0.25, 0.3) is 0 Å². The van der Waals surface area contributed by atoms with Gasteiger partial charge in [0.05, 0.1) is 33.0 Å². The highest BCUT2D eigenvalue weighted by Crippen LogP contribution is 2.41. The largest absolute Gasteiger partial charge is 0.493 e. The predicted octanol–water partition coefficient (Wildman–Crippen LogP) is 3.25. The van der Waals surface area contributed by atoms with Crippen LogP contribution < -0.4 is 29.0 Å². The summed E-state index contributed by atoms with van der Waals surface area (Å²) in [5.74, 6) is 1.48. The third kappa shape index (κ3) is 6.29. The van der Waals surface area contributed by atoms with Crippen molar-refractivity contribution in [3.63, 3.8) is 0 Å². The summed E-state index contributed by atoms with van der Waals surface area (Å²) in [7, 11) is 4.50. The molecule has 0 spiro atoms. The van der Waals surface area contributed by atoms with Crippen LogP contribution in [0, 0.1) is 0 Å². The third-order valence-corrected chi connectivity index (χ3v) is 7.91. The van der Waals surface area contributed by atoms with Gasteiger partial charge < -0.3 is 38.6 Å². The molecule has 0 aliphatic carbocycles. The number of hydrogen-bond acceptors (Lipinski definition) is 10. The van der Waals surface area contributed by atoms with Crippen LogP contribution in [0.15, 0.2) is 54.6 Å². The number of fused-ring (bicyclic) bond motifs is 2. The van der Waals surface area contributed by atoms with E-state index in [0.29, 0.717) is 58.5 Å². The number of para-hydroxylation sites is 1. The lowest BCUT2D eigenvalue weighted by atomic mass is 10.0. The smallest absolute Gasteiger partial charge is 0.247 e. The first-order valence-electron chi connectivity index (χ1n) is 14.6. The zero-order valence-corrected chi connectivity index (χ0v) is 25.4. The second-order valence-electron chi connectivity index (χ2n) is 10.7. The molecule has 6 rings (SSSR count). The molecule has 13 heteroatoms. The number of aromatic nitrogens is 3. The van der Waals surface area contributed by atoms with Gasteiger partial charge in [0.1, 0.15) is 18.1 Å². The molecule has 2 aliphatic heterocycles. The molecule has 4 aromatic rings. The van der Waals surface area contributed by atoms with Crippen molar-refractivity contribution < 1.29 is 38.0 Å². The quantitative estimate of drug-likeness (QED) is 0.252. The van der Waals surface area contributed by atoms with Crippen molar-refractivity contribution in [1.29, 1.82) is 0 Å². The van der Waals surface area contributed by atoms with Crippen molar-refractivity contribution in [3.05, 3.63) is 65.7 Å². The van der Waals surface area contributed by atoms with Crippen LogP contribution in [0.4, 0.5) is 0 Å². The maximum atomic E-state index is 14.4. The molecule has 1 aromatic heterocycles. The van der Waals surface area contributed by atoms with Gasteiger partial charge in [-0.3, -0.25) is 9.59 Å². The first-order chi connectivity index (χ1) is 22.0. The van der Waals surface area contributed by atoms with Crippen molar-refractivity contribution in [2.24, 2.45) is 0 Å². The number of carbonyl (C=O) groups excluding carboxylic acids is 2. The molecule has 1 fully saturated rings. The maximum Gasteiger partial charge on any atom is 0.247 e. The van der Waals surface area contributed by atoms with E-state index < -0.39 is 11.9 Å². The summed E-state index contributed by atoms with van der Waals surface area (Å²) in [6.45, 7) is 0.971. The van der Waals surface area contributed by atoms with Gasteiger partial charge in [0.2, 0.25) is 24.4 Å². The van der Waals surface area contributed by atoms with E-state index in [4.69, 9.17) is 28.4 Å². The minimum atomic E-state index is -1.10. The molecule has 3 heterocycles. The molecule has 0 unspecified atom stereocenters. The van der Waals surface area contributed by atoms with Gasteiger partial charge in [-0.05, 0) is 60.4 Å². The molecule has 3 aromatic carbocycles. The average Bonchev–Trinajstić information content (AvgIpc) is 3.84. The first kappa shape index (κ1) is 30.0. The van der Waals surface area contributed by atoms with Gasteiger partial charge in [-0.25, -0.2) is 4.68 Å². The molecule has 2 amide bonds. The van der Waals surface area contributed by atoms with Crippen LogP contribution in [0.5, 0.6) is 28.7 Å². The predicted molar refractivity (Wildman–Crippen MR) is 161 cm³/mol. The minimum absolute atomic E-state index is 0.0662. The Balaban J connectivity index is 1.43. The summed E-state index contributed by atoms with van der Waals surface area (Å²) in [5, 5.41) is 11.5. The number of nitrogens with one attached hydrogen (secondary N) is 1. The monoisotopic (exact) mass is 617 g/mol. The van der Waals surface area contributed by atoms with Crippen molar-refractivity contribution in [3.8, 4) is 28.7 Å². The number of nitrogens with zero attached hydrogens (tertiary/aromatic N) is 4. The highest BCUT2D eigenvalue weighted by molar-refractivity contribution is 5.89. The number of benzene rings is 3. The Morgan fingerprint density at radius 1 is 1.02 bits per heavy atom. The highest BCUT2D eigenvalue weighted by Gasteiger charge is 2.35. The summed E-state index contributed by atoms with van der Waals surface area (Å²) in [5.41, 5.74) is 2.55. The SMILES string of the molecule is COc1cc([C@H](C(=O)NC[C@@H]2CCCO2)N(Cc2ccc3c(c2)OCO3)C(=O)Cn2nnc3ccccc32)cc(OC)c1OC. The number of carbonyl (C=O) groups is 2. The fourth-order valence-corrected chi connectivity index (χ4v) is 5.66. The fourth-order valence-electron chi connectivity index (χ4n) is 5.66. The normalized spacial score (nSPS) is 15.9. The van der Waals surface area contributed by atoms with Crippen LogP contribution in [0.2, 0.25) is 0 Å². The Bertz CT molecular complexity index is 1660. The number of methoxy groups -OCH3 is 3. The van der Waals surface area contributed by atoms with Gasteiger partial charge in [-0.15, -0.1) is 5.10 Å². The number of rotatable bonds is 12. The second kappa shape index (κ2) is 13.3. The van der Waals surface area contributed by atoms with E-state index in [9.17, 15) is 9.59 Å². The Hall–Kier alpha value is -5.04. The lowest BCUT2D eigenvalue weighted by Crippen LogP contribution is -2.46. The van der Waals surface area contributed by atoms with Gasteiger partial charge in [-0.1, -0.05) is 23.4 Å². The lowest BCUT2D eigenvalue weighted by molar-refractivity contribution is -0.142. The number of amides is 2. The van der Waals surface area contributed by atoms with E-state index >= 15 is 0 Å². The highest BCUT2D eigenvalue weighted by atomic mass is 16.7. The first-order valence-corrected chi connectivity index (χ1v) is 14.6. The summed E-state index contributed by atoms with van der Waals surface area (Å²) in [4.78, 5) is 30.1. The molecule has 236 valence electrons. The molecule has 1 saturated heterocycles. The van der Waals surface area contributed by atoms with Crippen molar-refractivity contribution in [1.82, 2.24) is 25.2 Å². The lowest BCUT2D eigenvalue weighted by Gasteiger charge is -2.32.